The number of nitrogens with zero attached hydrogens (tertiary/aromatic N) is 1. The number of nitrogens with one attached hydrogen (secondary N) is 1. The lowest BCUT2D eigenvalue weighted by Gasteiger charge is -2.09. The number of nitriles is 1. The highest BCUT2D eigenvalue weighted by molar-refractivity contribution is 5.93. The van der Waals surface area contributed by atoms with E-state index in [9.17, 15) is 18.0 Å². The van der Waals surface area contributed by atoms with Crippen LogP contribution in [-0.4, -0.2) is 12.1 Å². The minimum absolute atomic E-state index is 0.134. The predicted octanol–water partition coefficient (Wildman–Crippen LogP) is 2.42. The highest BCUT2D eigenvalue weighted by Crippen LogP contribution is 2.23. The second kappa shape index (κ2) is 5.40. The molecule has 0 saturated carbocycles. The lowest BCUT2D eigenvalue weighted by Crippen LogP contribution is -2.17. The highest BCUT2D eigenvalue weighted by Gasteiger charge is 2.27. The summed E-state index contributed by atoms with van der Waals surface area (Å²) in [5.74, 6) is -0.774. The normalized spacial score (nSPS) is 10.8. The minimum atomic E-state index is -4.37. The van der Waals surface area contributed by atoms with Crippen molar-refractivity contribution in [3.63, 3.8) is 0 Å². The molecule has 4 nitrogen and oxygen atoms in total. The number of benzene rings is 1. The van der Waals surface area contributed by atoms with Gasteiger partial charge in [-0.2, -0.15) is 18.4 Å². The lowest BCUT2D eigenvalue weighted by molar-refractivity contribution is -0.142. The summed E-state index contributed by atoms with van der Waals surface area (Å²) in [7, 11) is 0. The zero-order valence-electron chi connectivity index (χ0n) is 9.21. The second-order valence-corrected chi connectivity index (χ2v) is 3.58. The monoisotopic (exact) mass is 257 g/mol. The Hall–Kier alpha value is -2.23. The average Bonchev–Trinajstić information content (AvgIpc) is 2.28. The van der Waals surface area contributed by atoms with Crippen LogP contribution in [-0.2, 0) is 4.79 Å². The van der Waals surface area contributed by atoms with E-state index in [1.807, 2.05) is 6.07 Å². The molecular weight excluding hydrogens is 247 g/mol. The summed E-state index contributed by atoms with van der Waals surface area (Å²) in [6.45, 7) is 0. The van der Waals surface area contributed by atoms with Gasteiger partial charge in [-0.15, -0.1) is 0 Å². The van der Waals surface area contributed by atoms with Crippen LogP contribution < -0.4 is 11.1 Å². The van der Waals surface area contributed by atoms with Crippen LogP contribution in [0.3, 0.4) is 0 Å². The van der Waals surface area contributed by atoms with Crippen molar-refractivity contribution in [2.45, 2.75) is 19.0 Å². The molecule has 0 saturated heterocycles. The maximum Gasteiger partial charge on any atom is 0.389 e. The predicted molar refractivity (Wildman–Crippen MR) is 59.5 cm³/mol. The molecule has 18 heavy (non-hydrogen) atoms. The molecule has 0 bridgehead atoms. The van der Waals surface area contributed by atoms with Gasteiger partial charge < -0.3 is 11.1 Å². The standard InChI is InChI=1S/C11H10F3N3O/c12-11(13,14)4-3-10(18)17-9-2-1-7(6-15)5-8(9)16/h1-2,5H,3-4,16H2,(H,17,18). The van der Waals surface area contributed by atoms with Gasteiger partial charge in [-0.1, -0.05) is 0 Å². The van der Waals surface area contributed by atoms with Crippen LogP contribution in [0.4, 0.5) is 24.5 Å². The molecule has 0 aliphatic carbocycles. The minimum Gasteiger partial charge on any atom is -0.397 e. The van der Waals surface area contributed by atoms with Crippen molar-refractivity contribution in [2.24, 2.45) is 0 Å². The van der Waals surface area contributed by atoms with Crippen molar-refractivity contribution in [1.29, 1.82) is 5.26 Å². The third kappa shape index (κ3) is 4.33. The van der Waals surface area contributed by atoms with E-state index < -0.39 is 24.9 Å². The van der Waals surface area contributed by atoms with Gasteiger partial charge in [0.15, 0.2) is 0 Å². The maximum atomic E-state index is 11.9. The molecule has 0 aromatic heterocycles. The van der Waals surface area contributed by atoms with Gasteiger partial charge in [-0.05, 0) is 18.2 Å². The molecule has 3 N–H and O–H groups in total. The number of hydrogen-bond donors (Lipinski definition) is 2. The van der Waals surface area contributed by atoms with Crippen molar-refractivity contribution in [3.8, 4) is 6.07 Å². The summed E-state index contributed by atoms with van der Waals surface area (Å²) in [4.78, 5) is 11.2. The fraction of sp³-hybridized carbons (Fsp3) is 0.273. The molecule has 1 amide bonds. The maximum absolute atomic E-state index is 11.9. The lowest BCUT2D eigenvalue weighted by atomic mass is 10.2. The molecule has 0 heterocycles. The average molecular weight is 257 g/mol. The van der Waals surface area contributed by atoms with E-state index >= 15 is 0 Å². The number of hydrogen-bond acceptors (Lipinski definition) is 3. The topological polar surface area (TPSA) is 78.9 Å². The molecule has 0 aliphatic heterocycles. The van der Waals surface area contributed by atoms with Crippen LogP contribution in [0.5, 0.6) is 0 Å². The van der Waals surface area contributed by atoms with Crippen molar-refractivity contribution in [1.82, 2.24) is 0 Å². The van der Waals surface area contributed by atoms with Gasteiger partial charge in [0.2, 0.25) is 5.91 Å². The van der Waals surface area contributed by atoms with Gasteiger partial charge in [0.1, 0.15) is 0 Å². The number of alkyl halides is 3. The molecule has 1 aromatic carbocycles. The van der Waals surface area contributed by atoms with Crippen molar-refractivity contribution in [3.05, 3.63) is 23.8 Å². The number of nitrogens with two attached hydrogens (primary N) is 1. The van der Waals surface area contributed by atoms with Crippen molar-refractivity contribution >= 4 is 17.3 Å². The first kappa shape index (κ1) is 13.8. The molecule has 0 aliphatic rings. The first-order chi connectivity index (χ1) is 8.31. The summed E-state index contributed by atoms with van der Waals surface area (Å²) in [6, 6.07) is 5.97. The molecule has 0 spiro atoms. The van der Waals surface area contributed by atoms with E-state index in [1.54, 1.807) is 0 Å². The second-order valence-electron chi connectivity index (χ2n) is 3.58. The van der Waals surface area contributed by atoms with E-state index in [-0.39, 0.29) is 11.4 Å². The number of rotatable bonds is 3. The number of nitrogen functional groups attached to an aromatic ring is 1. The van der Waals surface area contributed by atoms with Crippen molar-refractivity contribution < 1.29 is 18.0 Å². The van der Waals surface area contributed by atoms with Crippen molar-refractivity contribution in [2.75, 3.05) is 11.1 Å². The molecule has 0 atom stereocenters. The molecule has 1 rings (SSSR count). The van der Waals surface area contributed by atoms with Gasteiger partial charge in [-0.25, -0.2) is 0 Å². The summed E-state index contributed by atoms with van der Waals surface area (Å²) in [5, 5.41) is 10.9. The van der Waals surface area contributed by atoms with Gasteiger partial charge in [-0.3, -0.25) is 4.79 Å². The van der Waals surface area contributed by atoms with Gasteiger partial charge >= 0.3 is 6.18 Å². The summed E-state index contributed by atoms with van der Waals surface area (Å²) >= 11 is 0. The summed E-state index contributed by atoms with van der Waals surface area (Å²) < 4.78 is 35.7. The fourth-order valence-electron chi connectivity index (χ4n) is 1.21. The molecule has 96 valence electrons. The van der Waals surface area contributed by atoms with E-state index in [2.05, 4.69) is 5.32 Å². The summed E-state index contributed by atoms with van der Waals surface area (Å²) in [6.07, 6.45) is -6.22. The van der Waals surface area contributed by atoms with Crippen LogP contribution in [0.2, 0.25) is 0 Å². The number of amides is 1. The Bertz CT molecular complexity index is 491. The first-order valence-corrected chi connectivity index (χ1v) is 4.98. The third-order valence-corrected chi connectivity index (χ3v) is 2.09. The molecule has 0 fully saturated rings. The quantitative estimate of drug-likeness (QED) is 0.816. The molecule has 0 unspecified atom stereocenters. The number of carbonyl (C=O) groups excluding carboxylic acids is 1. The number of halogens is 3. The summed E-state index contributed by atoms with van der Waals surface area (Å²) in [5.41, 5.74) is 6.17. The number of carbonyl (C=O) groups is 1. The Morgan fingerprint density at radius 3 is 2.61 bits per heavy atom. The number of anilines is 2. The van der Waals surface area contributed by atoms with Crippen LogP contribution in [0, 0.1) is 11.3 Å². The Balaban J connectivity index is 2.63. The van der Waals surface area contributed by atoms with E-state index in [1.165, 1.54) is 18.2 Å². The Morgan fingerprint density at radius 2 is 2.11 bits per heavy atom. The van der Waals surface area contributed by atoms with Crippen LogP contribution in [0.15, 0.2) is 18.2 Å². The van der Waals surface area contributed by atoms with E-state index in [0.29, 0.717) is 5.56 Å². The zero-order chi connectivity index (χ0) is 13.8. The van der Waals surface area contributed by atoms with Gasteiger partial charge in [0.25, 0.3) is 0 Å². The van der Waals surface area contributed by atoms with Gasteiger partial charge in [0.05, 0.1) is 29.4 Å². The molecular formula is C11H10F3N3O. The Kier molecular flexibility index (Phi) is 4.15. The van der Waals surface area contributed by atoms with Crippen LogP contribution >= 0.6 is 0 Å². The van der Waals surface area contributed by atoms with Crippen LogP contribution in [0.1, 0.15) is 18.4 Å². The molecule has 7 heteroatoms. The molecule has 0 radical (unpaired) electrons. The SMILES string of the molecule is N#Cc1ccc(NC(=O)CCC(F)(F)F)c(N)c1. The Labute approximate surface area is 101 Å². The van der Waals surface area contributed by atoms with E-state index in [0.717, 1.165) is 0 Å². The smallest absolute Gasteiger partial charge is 0.389 e. The van der Waals surface area contributed by atoms with E-state index in [4.69, 9.17) is 11.0 Å². The fourth-order valence-corrected chi connectivity index (χ4v) is 1.21. The third-order valence-electron chi connectivity index (χ3n) is 2.09. The van der Waals surface area contributed by atoms with Gasteiger partial charge in [0, 0.05) is 6.42 Å². The molecule has 1 aromatic rings. The largest absolute Gasteiger partial charge is 0.397 e. The Morgan fingerprint density at radius 1 is 1.44 bits per heavy atom. The first-order valence-electron chi connectivity index (χ1n) is 4.98. The van der Waals surface area contributed by atoms with Crippen LogP contribution in [0.25, 0.3) is 0 Å². The highest BCUT2D eigenvalue weighted by atomic mass is 19.4. The zero-order valence-corrected chi connectivity index (χ0v) is 9.21.